The molecule has 1 amide bonds. The molecular formula is C20H37NO. The molecule has 2 nitrogen and oxygen atoms in total. The van der Waals surface area contributed by atoms with E-state index in [1.165, 1.54) is 83.5 Å². The zero-order valence-corrected chi connectivity index (χ0v) is 14.6. The molecule has 1 aliphatic heterocycles. The number of hydrogen-bond donors (Lipinski definition) is 1. The molecule has 0 aromatic carbocycles. The molecule has 0 aromatic heterocycles. The second kappa shape index (κ2) is 15.1. The third-order valence-electron chi connectivity index (χ3n) is 4.56. The highest BCUT2D eigenvalue weighted by Crippen LogP contribution is 2.11. The maximum Gasteiger partial charge on any atom is 0.219 e. The Balaban J connectivity index is 2.14. The molecule has 0 aliphatic carbocycles. The molecule has 0 fully saturated rings. The maximum absolute atomic E-state index is 11.7. The number of allylic oxidation sites excluding steroid dienone is 2. The highest BCUT2D eigenvalue weighted by atomic mass is 16.1. The van der Waals surface area contributed by atoms with Crippen LogP contribution in [0.25, 0.3) is 0 Å². The van der Waals surface area contributed by atoms with Gasteiger partial charge < -0.3 is 5.32 Å². The van der Waals surface area contributed by atoms with Crippen molar-refractivity contribution in [1.82, 2.24) is 5.32 Å². The van der Waals surface area contributed by atoms with Gasteiger partial charge in [0, 0.05) is 13.0 Å². The number of nitrogens with one attached hydrogen (secondary N) is 1. The smallest absolute Gasteiger partial charge is 0.219 e. The summed E-state index contributed by atoms with van der Waals surface area (Å²) in [5.41, 5.74) is 0. The summed E-state index contributed by atoms with van der Waals surface area (Å²) in [5, 5.41) is 3.07. The Hall–Kier alpha value is -0.790. The van der Waals surface area contributed by atoms with E-state index in [9.17, 15) is 4.79 Å². The van der Waals surface area contributed by atoms with E-state index in [0.717, 1.165) is 25.8 Å². The molecule has 0 spiro atoms. The van der Waals surface area contributed by atoms with Crippen LogP contribution in [-0.2, 0) is 4.79 Å². The minimum absolute atomic E-state index is 0.260. The van der Waals surface area contributed by atoms with Crippen molar-refractivity contribution in [2.75, 3.05) is 6.54 Å². The molecule has 0 aromatic rings. The molecule has 1 N–H and O–H groups in total. The van der Waals surface area contributed by atoms with Gasteiger partial charge in [-0.05, 0) is 38.5 Å². The van der Waals surface area contributed by atoms with Crippen molar-refractivity contribution in [3.63, 3.8) is 0 Å². The predicted molar refractivity (Wildman–Crippen MR) is 96.0 cm³/mol. The molecule has 1 aliphatic rings. The minimum atomic E-state index is 0.260. The first-order valence-electron chi connectivity index (χ1n) is 9.81. The number of carbonyl (C=O) groups excluding carboxylic acids is 1. The van der Waals surface area contributed by atoms with Gasteiger partial charge in [-0.15, -0.1) is 0 Å². The Labute approximate surface area is 138 Å². The average molecular weight is 308 g/mol. The number of carbonyl (C=O) groups is 1. The van der Waals surface area contributed by atoms with E-state index in [1.807, 2.05) is 0 Å². The maximum atomic E-state index is 11.7. The Morgan fingerprint density at radius 3 is 1.64 bits per heavy atom. The topological polar surface area (TPSA) is 29.1 Å². The van der Waals surface area contributed by atoms with Crippen molar-refractivity contribution in [3.8, 4) is 0 Å². The molecule has 0 unspecified atom stereocenters. The Morgan fingerprint density at radius 1 is 0.591 bits per heavy atom. The normalized spacial score (nSPS) is 23.9. The first kappa shape index (κ1) is 19.3. The monoisotopic (exact) mass is 307 g/mol. The number of amides is 1. The van der Waals surface area contributed by atoms with E-state index in [0.29, 0.717) is 0 Å². The predicted octanol–water partition coefficient (Wildman–Crippen LogP) is 5.91. The standard InChI is InChI=1S/C20H37NO/c22-20-18-16-14-12-10-8-6-4-2-1-3-5-7-9-11-13-15-17-19-21-20/h1-2H,3-19H2,(H,21,22)/b2-1-. The van der Waals surface area contributed by atoms with Gasteiger partial charge in [-0.3, -0.25) is 4.79 Å². The first-order chi connectivity index (χ1) is 10.9. The Bertz CT molecular complexity index is 285. The third kappa shape index (κ3) is 12.9. The fourth-order valence-corrected chi connectivity index (χ4v) is 3.08. The van der Waals surface area contributed by atoms with Crippen LogP contribution in [0.1, 0.15) is 103 Å². The largest absolute Gasteiger partial charge is 0.356 e. The van der Waals surface area contributed by atoms with Crippen molar-refractivity contribution in [2.45, 2.75) is 103 Å². The van der Waals surface area contributed by atoms with Crippen LogP contribution >= 0.6 is 0 Å². The van der Waals surface area contributed by atoms with Gasteiger partial charge in [0.25, 0.3) is 0 Å². The lowest BCUT2D eigenvalue weighted by molar-refractivity contribution is -0.121. The number of rotatable bonds is 0. The summed E-state index contributed by atoms with van der Waals surface area (Å²) < 4.78 is 0. The fourth-order valence-electron chi connectivity index (χ4n) is 3.08. The van der Waals surface area contributed by atoms with Gasteiger partial charge in [0.2, 0.25) is 5.91 Å². The highest BCUT2D eigenvalue weighted by Gasteiger charge is 2.00. The van der Waals surface area contributed by atoms with Gasteiger partial charge in [0.1, 0.15) is 0 Å². The van der Waals surface area contributed by atoms with Crippen LogP contribution in [0.2, 0.25) is 0 Å². The average Bonchev–Trinajstić information content (AvgIpc) is 2.52. The van der Waals surface area contributed by atoms with Gasteiger partial charge in [0.05, 0.1) is 0 Å². The molecule has 1 heterocycles. The van der Waals surface area contributed by atoms with Gasteiger partial charge >= 0.3 is 0 Å². The van der Waals surface area contributed by atoms with Crippen molar-refractivity contribution in [1.29, 1.82) is 0 Å². The molecule has 128 valence electrons. The van der Waals surface area contributed by atoms with Crippen molar-refractivity contribution >= 4 is 5.91 Å². The first-order valence-corrected chi connectivity index (χ1v) is 9.81. The van der Waals surface area contributed by atoms with Crippen molar-refractivity contribution in [3.05, 3.63) is 12.2 Å². The van der Waals surface area contributed by atoms with E-state index in [-0.39, 0.29) is 5.91 Å². The molecule has 22 heavy (non-hydrogen) atoms. The second-order valence-electron chi connectivity index (χ2n) is 6.74. The Kier molecular flexibility index (Phi) is 13.2. The minimum Gasteiger partial charge on any atom is -0.356 e. The molecule has 0 atom stereocenters. The van der Waals surface area contributed by atoms with Gasteiger partial charge in [-0.1, -0.05) is 69.9 Å². The molecule has 2 heteroatoms. The zero-order chi connectivity index (χ0) is 15.7. The van der Waals surface area contributed by atoms with Crippen LogP contribution in [0.3, 0.4) is 0 Å². The summed E-state index contributed by atoms with van der Waals surface area (Å²) in [6.45, 7) is 0.879. The SMILES string of the molecule is O=C1CCCCCCCC/C=C\CCCCCCCCCN1. The molecule has 0 bridgehead atoms. The lowest BCUT2D eigenvalue weighted by Crippen LogP contribution is -2.23. The molecule has 0 radical (unpaired) electrons. The summed E-state index contributed by atoms with van der Waals surface area (Å²) >= 11 is 0. The van der Waals surface area contributed by atoms with Gasteiger partial charge in [-0.25, -0.2) is 0 Å². The fraction of sp³-hybridized carbons (Fsp3) is 0.850. The van der Waals surface area contributed by atoms with Crippen LogP contribution in [0.4, 0.5) is 0 Å². The second-order valence-corrected chi connectivity index (χ2v) is 6.74. The van der Waals surface area contributed by atoms with E-state index in [1.54, 1.807) is 0 Å². The summed E-state index contributed by atoms with van der Waals surface area (Å²) in [6, 6.07) is 0. The summed E-state index contributed by atoms with van der Waals surface area (Å²) in [7, 11) is 0. The highest BCUT2D eigenvalue weighted by molar-refractivity contribution is 5.75. The molecular weight excluding hydrogens is 270 g/mol. The zero-order valence-electron chi connectivity index (χ0n) is 14.6. The van der Waals surface area contributed by atoms with Crippen molar-refractivity contribution < 1.29 is 4.79 Å². The molecule has 0 saturated carbocycles. The summed E-state index contributed by atoms with van der Waals surface area (Å²) in [6.07, 6.45) is 24.8. The third-order valence-corrected chi connectivity index (χ3v) is 4.56. The molecule has 1 rings (SSSR count). The summed E-state index contributed by atoms with van der Waals surface area (Å²) in [5.74, 6) is 0.260. The van der Waals surface area contributed by atoms with Crippen LogP contribution in [0, 0.1) is 0 Å². The lowest BCUT2D eigenvalue weighted by Gasteiger charge is -2.05. The van der Waals surface area contributed by atoms with Crippen molar-refractivity contribution in [2.24, 2.45) is 0 Å². The lowest BCUT2D eigenvalue weighted by atomic mass is 10.1. The summed E-state index contributed by atoms with van der Waals surface area (Å²) in [4.78, 5) is 11.7. The van der Waals surface area contributed by atoms with Crippen LogP contribution in [0.15, 0.2) is 12.2 Å². The van der Waals surface area contributed by atoms with Crippen LogP contribution < -0.4 is 5.32 Å². The van der Waals surface area contributed by atoms with Crippen LogP contribution in [-0.4, -0.2) is 12.5 Å². The Morgan fingerprint density at radius 2 is 1.05 bits per heavy atom. The van der Waals surface area contributed by atoms with Gasteiger partial charge in [-0.2, -0.15) is 0 Å². The molecule has 0 saturated heterocycles. The van der Waals surface area contributed by atoms with Gasteiger partial charge in [0.15, 0.2) is 0 Å². The van der Waals surface area contributed by atoms with E-state index in [2.05, 4.69) is 17.5 Å². The van der Waals surface area contributed by atoms with E-state index in [4.69, 9.17) is 0 Å². The van der Waals surface area contributed by atoms with E-state index >= 15 is 0 Å². The van der Waals surface area contributed by atoms with E-state index < -0.39 is 0 Å². The quantitative estimate of drug-likeness (QED) is 0.553. The van der Waals surface area contributed by atoms with Crippen LogP contribution in [0.5, 0.6) is 0 Å². The number of hydrogen-bond acceptors (Lipinski definition) is 1.